The second-order valence-corrected chi connectivity index (χ2v) is 13.9. The molecule has 7 rings (SSSR count). The third kappa shape index (κ3) is 4.71. The molecule has 0 unspecified atom stereocenters. The van der Waals surface area contributed by atoms with Gasteiger partial charge in [-0.05, 0) is 48.8 Å². The lowest BCUT2D eigenvalue weighted by Crippen LogP contribution is -2.54. The number of benzene rings is 2. The number of rotatable bonds is 6. The molecule has 3 aliphatic rings. The highest BCUT2D eigenvalue weighted by molar-refractivity contribution is 9.10. The molecule has 1 saturated carbocycles. The molecule has 0 bridgehead atoms. The first-order valence-electron chi connectivity index (χ1n) is 15.8. The molecule has 2 aliphatic carbocycles. The third-order valence-corrected chi connectivity index (χ3v) is 11.0. The molecule has 1 aliphatic heterocycles. The second-order valence-electron chi connectivity index (χ2n) is 13.0. The summed E-state index contributed by atoms with van der Waals surface area (Å²) in [6, 6.07) is 7.51. The number of carbonyl (C=O) groups excluding carboxylic acids is 2. The van der Waals surface area contributed by atoms with Crippen molar-refractivity contribution < 1.29 is 24.2 Å². The van der Waals surface area contributed by atoms with Crippen LogP contribution in [0.1, 0.15) is 43.5 Å². The second kappa shape index (κ2) is 11.6. The van der Waals surface area contributed by atoms with Gasteiger partial charge in [0.05, 0.1) is 43.3 Å². The molecule has 0 spiro atoms. The molecule has 0 saturated heterocycles. The number of aromatic nitrogens is 5. The zero-order chi connectivity index (χ0) is 35.1. The Morgan fingerprint density at radius 3 is 2.47 bits per heavy atom. The maximum absolute atomic E-state index is 14.2. The fourth-order valence-corrected chi connectivity index (χ4v) is 8.35. The summed E-state index contributed by atoms with van der Waals surface area (Å²) in [5, 5.41) is 11.1. The Labute approximate surface area is 287 Å². The number of phenols is 1. The Bertz CT molecular complexity index is 2360. The lowest BCUT2D eigenvalue weighted by Gasteiger charge is -2.52. The Hall–Kier alpha value is -4.98. The molecule has 49 heavy (non-hydrogen) atoms. The SMILES string of the molecule is COc1cc2nc(CCn3c(=O)n4n(c3=O)[C@@H]3C[C@H]5C(=O)C(C)=CC(=O)[C@@]5(C)[C@@H](c5cc(Br)ccc5O)C3=CC4)c(=O)n(C)c2cc1OC. The van der Waals surface area contributed by atoms with Crippen LogP contribution >= 0.6 is 15.9 Å². The Morgan fingerprint density at radius 2 is 1.76 bits per heavy atom. The quantitative estimate of drug-likeness (QED) is 0.294. The summed E-state index contributed by atoms with van der Waals surface area (Å²) in [6.45, 7) is 3.27. The number of hydrogen-bond acceptors (Lipinski definition) is 9. The van der Waals surface area contributed by atoms with Gasteiger partial charge in [-0.15, -0.1) is 0 Å². The molecule has 14 heteroatoms. The van der Waals surface area contributed by atoms with Crippen LogP contribution in [0.3, 0.4) is 0 Å². The summed E-state index contributed by atoms with van der Waals surface area (Å²) in [4.78, 5) is 73.4. The van der Waals surface area contributed by atoms with Crippen LogP contribution < -0.4 is 26.4 Å². The zero-order valence-electron chi connectivity index (χ0n) is 27.5. The van der Waals surface area contributed by atoms with Crippen LogP contribution in [-0.4, -0.2) is 54.4 Å². The number of halogens is 1. The van der Waals surface area contributed by atoms with Gasteiger partial charge in [0.2, 0.25) is 0 Å². The number of ketones is 2. The summed E-state index contributed by atoms with van der Waals surface area (Å²) in [7, 11) is 4.60. The van der Waals surface area contributed by atoms with Crippen molar-refractivity contribution >= 4 is 38.5 Å². The summed E-state index contributed by atoms with van der Waals surface area (Å²) >= 11 is 3.48. The number of allylic oxidation sites excluding steroid dienone is 4. The van der Waals surface area contributed by atoms with Crippen molar-refractivity contribution in [2.45, 2.75) is 51.7 Å². The Balaban J connectivity index is 1.31. The van der Waals surface area contributed by atoms with Gasteiger partial charge in [0.25, 0.3) is 5.56 Å². The molecule has 2 aromatic carbocycles. The fraction of sp³-hybridized carbons (Fsp3) is 0.371. The molecule has 254 valence electrons. The molecule has 0 amide bonds. The van der Waals surface area contributed by atoms with Gasteiger partial charge in [0.15, 0.2) is 23.1 Å². The summed E-state index contributed by atoms with van der Waals surface area (Å²) in [5.74, 6) is -1.17. The van der Waals surface area contributed by atoms with E-state index in [4.69, 9.17) is 9.47 Å². The van der Waals surface area contributed by atoms with Gasteiger partial charge >= 0.3 is 11.4 Å². The average molecular weight is 733 g/mol. The molecule has 1 N–H and O–H groups in total. The van der Waals surface area contributed by atoms with Crippen molar-refractivity contribution in [3.63, 3.8) is 0 Å². The molecule has 1 fully saturated rings. The average Bonchev–Trinajstić information content (AvgIpc) is 3.33. The van der Waals surface area contributed by atoms with Gasteiger partial charge in [-0.25, -0.2) is 28.5 Å². The van der Waals surface area contributed by atoms with Crippen molar-refractivity contribution in [2.75, 3.05) is 14.2 Å². The van der Waals surface area contributed by atoms with E-state index in [9.17, 15) is 29.1 Å². The Kier molecular flexibility index (Phi) is 7.69. The molecule has 2 aromatic heterocycles. The van der Waals surface area contributed by atoms with E-state index in [1.54, 1.807) is 45.2 Å². The maximum Gasteiger partial charge on any atom is 0.347 e. The number of Topliss-reactive ketones (excluding diaryl/α,β-unsaturated/α-hetero) is 1. The lowest BCUT2D eigenvalue weighted by molar-refractivity contribution is -0.139. The van der Waals surface area contributed by atoms with Crippen molar-refractivity contribution in [3.05, 3.63) is 101 Å². The fourth-order valence-electron chi connectivity index (χ4n) is 7.97. The molecule has 3 heterocycles. The lowest BCUT2D eigenvalue weighted by atomic mass is 9.51. The summed E-state index contributed by atoms with van der Waals surface area (Å²) in [5.41, 5.74) is -0.172. The number of ether oxygens (including phenoxy) is 2. The van der Waals surface area contributed by atoms with Crippen molar-refractivity contribution in [1.82, 2.24) is 23.5 Å². The van der Waals surface area contributed by atoms with Crippen molar-refractivity contribution in [2.24, 2.45) is 18.4 Å². The minimum absolute atomic E-state index is 0.00666. The van der Waals surface area contributed by atoms with E-state index in [1.165, 1.54) is 40.3 Å². The molecular formula is C35H34BrN5O8. The molecule has 4 atom stereocenters. The standard InChI is InChI=1S/C35H34BrN5O8/c1-17-12-29(43)35(2)21(31(17)44)14-24-19(30(35)20-13-18(36)6-7-26(20)42)8-11-40-33(46)39(34(47)41(24)40)10-9-22-32(45)38(3)25-16-28(49-5)27(48-4)15-23(25)37-22/h6-8,12-13,15-16,21,24,30,42H,9-11,14H2,1-5H3/t21-,24+,30+,35-/m0/s1. The topological polar surface area (TPSA) is 157 Å². The number of methoxy groups -OCH3 is 2. The molecule has 0 radical (unpaired) electrons. The van der Waals surface area contributed by atoms with E-state index in [0.29, 0.717) is 43.7 Å². The van der Waals surface area contributed by atoms with E-state index in [1.807, 2.05) is 6.08 Å². The van der Waals surface area contributed by atoms with Gasteiger partial charge in [0.1, 0.15) is 11.4 Å². The normalized spacial score (nSPS) is 23.0. The highest BCUT2D eigenvalue weighted by atomic mass is 79.9. The smallest absolute Gasteiger partial charge is 0.347 e. The van der Waals surface area contributed by atoms with E-state index in [2.05, 4.69) is 20.9 Å². The summed E-state index contributed by atoms with van der Waals surface area (Å²) in [6.07, 6.45) is 3.31. The number of carbonyl (C=O) groups is 2. The van der Waals surface area contributed by atoms with Crippen LogP contribution in [0.2, 0.25) is 0 Å². The first kappa shape index (κ1) is 32.6. The molecular weight excluding hydrogens is 698 g/mol. The molecule has 4 aromatic rings. The monoisotopic (exact) mass is 731 g/mol. The van der Waals surface area contributed by atoms with E-state index < -0.39 is 34.7 Å². The highest BCUT2D eigenvalue weighted by Gasteiger charge is 2.59. The molecule has 13 nitrogen and oxygen atoms in total. The number of hydrogen-bond donors (Lipinski definition) is 1. The van der Waals surface area contributed by atoms with E-state index in [-0.39, 0.29) is 54.5 Å². The first-order valence-corrected chi connectivity index (χ1v) is 16.6. The van der Waals surface area contributed by atoms with Crippen LogP contribution in [0.4, 0.5) is 0 Å². The maximum atomic E-state index is 14.2. The van der Waals surface area contributed by atoms with Crippen LogP contribution in [-0.2, 0) is 36.1 Å². The first-order chi connectivity index (χ1) is 23.3. The predicted molar refractivity (Wildman–Crippen MR) is 182 cm³/mol. The predicted octanol–water partition coefficient (Wildman–Crippen LogP) is 3.18. The van der Waals surface area contributed by atoms with Crippen LogP contribution in [0.5, 0.6) is 17.2 Å². The Morgan fingerprint density at radius 1 is 1.04 bits per heavy atom. The number of aryl methyl sites for hydroxylation is 2. The van der Waals surface area contributed by atoms with Crippen LogP contribution in [0.25, 0.3) is 11.0 Å². The van der Waals surface area contributed by atoms with Gasteiger partial charge < -0.3 is 19.1 Å². The number of nitrogens with zero attached hydrogens (tertiary/aromatic N) is 5. The van der Waals surface area contributed by atoms with Crippen molar-refractivity contribution in [1.29, 1.82) is 0 Å². The third-order valence-electron chi connectivity index (χ3n) is 10.5. The van der Waals surface area contributed by atoms with E-state index in [0.717, 1.165) is 4.57 Å². The van der Waals surface area contributed by atoms with Gasteiger partial charge in [-0.1, -0.05) is 28.9 Å². The van der Waals surface area contributed by atoms with Gasteiger partial charge in [-0.3, -0.25) is 14.4 Å². The van der Waals surface area contributed by atoms with Crippen molar-refractivity contribution in [3.8, 4) is 17.2 Å². The van der Waals surface area contributed by atoms with Crippen LogP contribution in [0.15, 0.2) is 72.5 Å². The van der Waals surface area contributed by atoms with Gasteiger partial charge in [-0.2, -0.15) is 0 Å². The largest absolute Gasteiger partial charge is 0.508 e. The minimum Gasteiger partial charge on any atom is -0.508 e. The van der Waals surface area contributed by atoms with E-state index >= 15 is 0 Å². The number of aromatic hydroxyl groups is 1. The summed E-state index contributed by atoms with van der Waals surface area (Å²) < 4.78 is 16.7. The number of phenolic OH excluding ortho intramolecular Hbond substituents is 1. The van der Waals surface area contributed by atoms with Crippen LogP contribution in [0, 0.1) is 11.3 Å². The number of fused-ring (bicyclic) bond motifs is 5. The minimum atomic E-state index is -1.24. The highest BCUT2D eigenvalue weighted by Crippen LogP contribution is 2.60. The van der Waals surface area contributed by atoms with Gasteiger partial charge in [0, 0.05) is 54.0 Å². The zero-order valence-corrected chi connectivity index (χ0v) is 29.1.